The van der Waals surface area contributed by atoms with Crippen molar-refractivity contribution in [2.24, 2.45) is 0 Å². The van der Waals surface area contributed by atoms with Crippen molar-refractivity contribution in [3.8, 4) is 11.3 Å². The van der Waals surface area contributed by atoms with Gasteiger partial charge in [0.05, 0.1) is 0 Å². The first-order valence-electron chi connectivity index (χ1n) is 24.0. The average molecular weight is 1130 g/mol. The van der Waals surface area contributed by atoms with Gasteiger partial charge in [-0.1, -0.05) is 144 Å². The van der Waals surface area contributed by atoms with Crippen molar-refractivity contribution in [2.45, 2.75) is 65.2 Å². The first-order valence-corrected chi connectivity index (χ1v) is 24.0. The SMILES string of the molecule is Cc1ccc(N(c2ccc(C)cc2)c2ccc(C3(c4ccc(N(c5ccc(C)cc5)c5ccc(C)cc5)cc4)CCCCC3)cc2)cc1.Fc1c[c-]c(-c2ccccn2)c(F)c1.O=C(O)c1ccccn1.[Ir]. The molecule has 0 amide bonds. The van der Waals surface area contributed by atoms with E-state index in [0.29, 0.717) is 5.69 Å². The Balaban J connectivity index is 0.000000259. The summed E-state index contributed by atoms with van der Waals surface area (Å²) < 4.78 is 25.8. The number of aromatic carboxylic acids is 1. The molecule has 0 aliphatic heterocycles. The summed E-state index contributed by atoms with van der Waals surface area (Å²) in [6.45, 7) is 8.59. The van der Waals surface area contributed by atoms with Crippen molar-refractivity contribution >= 4 is 40.1 Å². The number of pyridine rings is 2. The Kier molecular flexibility index (Phi) is 17.8. The number of hydrogen-bond acceptors (Lipinski definition) is 5. The fraction of sp³-hybridized carbons (Fsp3) is 0.159. The zero-order valence-electron chi connectivity index (χ0n) is 40.9. The third kappa shape index (κ3) is 12.8. The van der Waals surface area contributed by atoms with Crippen LogP contribution < -0.4 is 9.80 Å². The van der Waals surface area contributed by atoms with Gasteiger partial charge in [-0.05, 0) is 148 Å². The molecule has 1 saturated carbocycles. The molecule has 0 bridgehead atoms. The second-order valence-corrected chi connectivity index (χ2v) is 18.0. The minimum absolute atomic E-state index is 0. The maximum Gasteiger partial charge on any atom is 0.354 e. The smallest absolute Gasteiger partial charge is 0.354 e. The van der Waals surface area contributed by atoms with Crippen LogP contribution in [0.4, 0.5) is 42.9 Å². The van der Waals surface area contributed by atoms with Crippen molar-refractivity contribution in [3.05, 3.63) is 263 Å². The van der Waals surface area contributed by atoms with Crippen LogP contribution in [-0.4, -0.2) is 21.0 Å². The van der Waals surface area contributed by atoms with E-state index in [1.165, 1.54) is 112 Å². The predicted molar refractivity (Wildman–Crippen MR) is 285 cm³/mol. The summed E-state index contributed by atoms with van der Waals surface area (Å²) in [5.74, 6) is -2.28. The van der Waals surface area contributed by atoms with Gasteiger partial charge in [0.2, 0.25) is 0 Å². The van der Waals surface area contributed by atoms with Crippen molar-refractivity contribution in [1.29, 1.82) is 0 Å². The molecule has 9 heteroatoms. The number of carboxylic acid groups (broad SMARTS) is 1. The summed E-state index contributed by atoms with van der Waals surface area (Å²) in [5.41, 5.74) is 15.7. The summed E-state index contributed by atoms with van der Waals surface area (Å²) in [7, 11) is 0. The first-order chi connectivity index (χ1) is 34.5. The zero-order chi connectivity index (χ0) is 49.7. The molecule has 1 radical (unpaired) electrons. The largest absolute Gasteiger partial charge is 0.477 e. The summed E-state index contributed by atoms with van der Waals surface area (Å²) in [6.07, 6.45) is 9.15. The van der Waals surface area contributed by atoms with Crippen LogP contribution in [0.5, 0.6) is 0 Å². The Labute approximate surface area is 436 Å². The summed E-state index contributed by atoms with van der Waals surface area (Å²) >= 11 is 0. The van der Waals surface area contributed by atoms with E-state index in [4.69, 9.17) is 5.11 Å². The van der Waals surface area contributed by atoms with Gasteiger partial charge < -0.3 is 19.9 Å². The van der Waals surface area contributed by atoms with Gasteiger partial charge in [-0.25, -0.2) is 9.78 Å². The van der Waals surface area contributed by atoms with Gasteiger partial charge in [0.1, 0.15) is 5.69 Å². The molecule has 6 nitrogen and oxygen atoms in total. The van der Waals surface area contributed by atoms with Gasteiger partial charge >= 0.3 is 5.97 Å². The minimum atomic E-state index is -0.990. The number of aromatic nitrogens is 2. The monoisotopic (exact) mass is 1130 g/mol. The fourth-order valence-electron chi connectivity index (χ4n) is 9.07. The Hall–Kier alpha value is -7.58. The normalized spacial score (nSPS) is 12.4. The van der Waals surface area contributed by atoms with E-state index in [0.717, 1.165) is 12.1 Å². The standard InChI is InChI=1S/C46H46N2.C11H6F2N.C6H5NO2.Ir/c1-34-8-20-40(21-9-34)47(41-22-10-35(2)11-23-41)44-28-16-38(17-29-44)46(32-6-5-7-33-46)39-18-30-45(31-19-39)48(42-24-12-36(3)13-25-42)43-26-14-37(4)15-27-43;12-8-4-5-9(10(13)7-8)11-3-1-2-6-14-11;8-6(9)5-3-1-2-4-7-5;/h8-31H,5-7,32-33H2,1-4H3;1-4,6-7H;1-4H,(H,8,9);/q;-1;;. The number of anilines is 6. The number of benzene rings is 7. The molecule has 1 aliphatic carbocycles. The molecular weight excluding hydrogens is 1070 g/mol. The molecule has 1 aliphatic rings. The van der Waals surface area contributed by atoms with E-state index >= 15 is 0 Å². The number of carbonyl (C=O) groups is 1. The quantitative estimate of drug-likeness (QED) is 0.138. The molecule has 10 rings (SSSR count). The van der Waals surface area contributed by atoms with Gasteiger partial charge in [0, 0.05) is 83.7 Å². The van der Waals surface area contributed by atoms with E-state index in [2.05, 4.69) is 199 Å². The summed E-state index contributed by atoms with van der Waals surface area (Å²) in [4.78, 5) is 22.4. The second-order valence-electron chi connectivity index (χ2n) is 18.0. The molecule has 365 valence electrons. The fourth-order valence-corrected chi connectivity index (χ4v) is 9.07. The molecule has 7 aromatic carbocycles. The third-order valence-electron chi connectivity index (χ3n) is 12.9. The zero-order valence-corrected chi connectivity index (χ0v) is 43.3. The number of halogens is 2. The topological polar surface area (TPSA) is 69.6 Å². The van der Waals surface area contributed by atoms with Crippen LogP contribution in [0.15, 0.2) is 207 Å². The first kappa shape index (κ1) is 52.2. The minimum Gasteiger partial charge on any atom is -0.477 e. The number of aryl methyl sites for hydroxylation is 4. The van der Waals surface area contributed by atoms with E-state index < -0.39 is 17.6 Å². The van der Waals surface area contributed by atoms with E-state index in [-0.39, 0.29) is 36.8 Å². The van der Waals surface area contributed by atoms with Gasteiger partial charge in [0.15, 0.2) is 0 Å². The number of rotatable bonds is 10. The molecule has 0 atom stereocenters. The number of carboxylic acids is 1. The molecule has 2 aromatic heterocycles. The summed E-state index contributed by atoms with van der Waals surface area (Å²) in [6, 6.07) is 68.6. The molecule has 1 fully saturated rings. The van der Waals surface area contributed by atoms with Crippen molar-refractivity contribution < 1.29 is 38.8 Å². The van der Waals surface area contributed by atoms with Crippen LogP contribution in [0, 0.1) is 45.4 Å². The van der Waals surface area contributed by atoms with Gasteiger partial charge in [0.25, 0.3) is 0 Å². The molecule has 0 saturated heterocycles. The Bertz CT molecular complexity index is 2880. The van der Waals surface area contributed by atoms with Gasteiger partial charge in [-0.15, -0.1) is 12.1 Å². The van der Waals surface area contributed by atoms with Crippen molar-refractivity contribution in [2.75, 3.05) is 9.80 Å². The average Bonchev–Trinajstić information content (AvgIpc) is 3.40. The maximum atomic E-state index is 13.2. The second kappa shape index (κ2) is 24.5. The van der Waals surface area contributed by atoms with Crippen LogP contribution in [0.3, 0.4) is 0 Å². The van der Waals surface area contributed by atoms with Crippen LogP contribution in [0.25, 0.3) is 11.3 Å². The van der Waals surface area contributed by atoms with Crippen LogP contribution >= 0.6 is 0 Å². The number of hydrogen-bond donors (Lipinski definition) is 1. The molecular formula is C63H57F2IrN4O2-. The Morgan fingerprint density at radius 2 is 0.889 bits per heavy atom. The van der Waals surface area contributed by atoms with Crippen molar-refractivity contribution in [1.82, 2.24) is 9.97 Å². The summed E-state index contributed by atoms with van der Waals surface area (Å²) in [5, 5.41) is 8.32. The van der Waals surface area contributed by atoms with Gasteiger partial charge in [-0.3, -0.25) is 8.78 Å². The molecule has 2 heterocycles. The third-order valence-corrected chi connectivity index (χ3v) is 12.9. The molecule has 1 N–H and O–H groups in total. The van der Waals surface area contributed by atoms with E-state index in [1.54, 1.807) is 36.5 Å². The molecule has 0 unspecified atom stereocenters. The molecule has 72 heavy (non-hydrogen) atoms. The molecule has 0 spiro atoms. The van der Waals surface area contributed by atoms with Gasteiger partial charge in [-0.2, -0.15) is 0 Å². The van der Waals surface area contributed by atoms with E-state index in [1.807, 2.05) is 0 Å². The number of nitrogens with zero attached hydrogens (tertiary/aromatic N) is 4. The predicted octanol–water partition coefficient (Wildman–Crippen LogP) is 16.7. The molecule has 9 aromatic rings. The van der Waals surface area contributed by atoms with Crippen LogP contribution in [0.2, 0.25) is 0 Å². The van der Waals surface area contributed by atoms with Crippen molar-refractivity contribution in [3.63, 3.8) is 0 Å². The maximum absolute atomic E-state index is 13.2. The Morgan fingerprint density at radius 3 is 1.21 bits per heavy atom. The van der Waals surface area contributed by atoms with Crippen LogP contribution in [0.1, 0.15) is 76.0 Å². The van der Waals surface area contributed by atoms with Crippen LogP contribution in [-0.2, 0) is 25.5 Å². The Morgan fingerprint density at radius 1 is 0.514 bits per heavy atom. The van der Waals surface area contributed by atoms with E-state index in [9.17, 15) is 13.6 Å².